The van der Waals surface area contributed by atoms with Crippen molar-refractivity contribution in [3.63, 3.8) is 0 Å². The minimum absolute atomic E-state index is 0.108. The van der Waals surface area contributed by atoms with Crippen molar-refractivity contribution < 1.29 is 109 Å². The summed E-state index contributed by atoms with van der Waals surface area (Å²) in [5.41, 5.74) is -0.717. The van der Waals surface area contributed by atoms with E-state index in [4.69, 9.17) is 47.4 Å². The van der Waals surface area contributed by atoms with Gasteiger partial charge in [0.1, 0.15) is 85.5 Å². The second-order valence-corrected chi connectivity index (χ2v) is 25.3. The molecule has 0 radical (unpaired) electrons. The summed E-state index contributed by atoms with van der Waals surface area (Å²) >= 11 is 0. The highest BCUT2D eigenvalue weighted by molar-refractivity contribution is 5.27. The first-order chi connectivity index (χ1) is 34.8. The van der Waals surface area contributed by atoms with Crippen LogP contribution in [-0.4, -0.2) is 229 Å². The molecule has 29 atom stereocenters. The van der Waals surface area contributed by atoms with Gasteiger partial charge in [0.15, 0.2) is 30.9 Å². The molecular weight excluding hydrogens is 977 g/mol. The van der Waals surface area contributed by atoms with Crippen molar-refractivity contribution in [2.75, 3.05) is 33.0 Å². The van der Waals surface area contributed by atoms with Crippen molar-refractivity contribution in [3.8, 4) is 0 Å². The van der Waals surface area contributed by atoms with Crippen LogP contribution in [0.5, 0.6) is 0 Å². The molecule has 22 nitrogen and oxygen atoms in total. The zero-order valence-electron chi connectivity index (χ0n) is 43.6. The fraction of sp³-hybridized carbons (Fsp3) is 0.962. The molecule has 74 heavy (non-hydrogen) atoms. The van der Waals surface area contributed by atoms with Gasteiger partial charge in [0.05, 0.1) is 50.8 Å². The van der Waals surface area contributed by atoms with Crippen LogP contribution in [0.25, 0.3) is 0 Å². The predicted molar refractivity (Wildman–Crippen MR) is 251 cm³/mol. The summed E-state index contributed by atoms with van der Waals surface area (Å²) < 4.78 is 62.4. The molecule has 6 heterocycles. The van der Waals surface area contributed by atoms with Gasteiger partial charge in [-0.15, -0.1) is 0 Å². The van der Waals surface area contributed by atoms with Crippen LogP contribution in [0.15, 0.2) is 11.6 Å². The molecule has 4 aliphatic carbocycles. The molecule has 10 aliphatic rings. The Kier molecular flexibility index (Phi) is 15.3. The number of aliphatic hydroxyl groups excluding tert-OH is 11. The largest absolute Gasteiger partial charge is 0.394 e. The topological polar surface area (TPSA) is 335 Å². The quantitative estimate of drug-likeness (QED) is 0.0776. The Morgan fingerprint density at radius 3 is 1.89 bits per heavy atom. The van der Waals surface area contributed by atoms with Crippen molar-refractivity contribution in [1.82, 2.24) is 0 Å². The maximum atomic E-state index is 12.3. The average molecular weight is 1060 g/mol. The standard InChI is InChI=1S/C52H84O22/c1-22(2)14-23-15-50(7,64)42-24-8-9-30-48(5)12-11-31(47(3,4)29(48)10-13-49(30,6)51(24)20-52(42,74-23)67-21-51)71-46-41(73-44-37(61)33(57)27(17-54)69-44)40(25(55)18-65-46)72-45-39(63)36(60)34(58)28(70-45)19-66-43-38(62)35(59)32(56)26(16-53)68-43/h14,23-46,53-64H,8-13,15-21H2,1-7H3. The molecule has 6 saturated heterocycles. The third-order valence-corrected chi connectivity index (χ3v) is 20.5. The van der Waals surface area contributed by atoms with E-state index < -0.39 is 153 Å². The maximum absolute atomic E-state index is 12.3. The lowest BCUT2D eigenvalue weighted by atomic mass is 9.35. The SMILES string of the molecule is CC(C)=CC1CC(C)(O)C2C3CCC4C5(C)CCC(OC6OCC(O)C(OC7OC(COC8OC(CO)C(O)C(O)C8O)C(O)C(O)C7O)C6OC6OC(CO)C(O)C6O)C(C)(C)C5CCC4(C)C34COC2(C4)O1. The summed E-state index contributed by atoms with van der Waals surface area (Å²) in [6.07, 6.45) is -21.2. The van der Waals surface area contributed by atoms with E-state index in [1.807, 2.05) is 6.92 Å². The van der Waals surface area contributed by atoms with Crippen LogP contribution in [-0.2, 0) is 47.4 Å². The first-order valence-corrected chi connectivity index (χ1v) is 27.0. The Balaban J connectivity index is 0.879. The van der Waals surface area contributed by atoms with E-state index >= 15 is 0 Å². The van der Waals surface area contributed by atoms with Gasteiger partial charge in [0.2, 0.25) is 0 Å². The molecule has 0 aromatic heterocycles. The fourth-order valence-corrected chi connectivity index (χ4v) is 17.0. The van der Waals surface area contributed by atoms with Crippen LogP contribution in [0.3, 0.4) is 0 Å². The molecule has 424 valence electrons. The van der Waals surface area contributed by atoms with Crippen molar-refractivity contribution >= 4 is 0 Å². The second-order valence-electron chi connectivity index (χ2n) is 25.3. The van der Waals surface area contributed by atoms with Crippen LogP contribution in [0.2, 0.25) is 0 Å². The third-order valence-electron chi connectivity index (χ3n) is 20.5. The van der Waals surface area contributed by atoms with E-state index in [0.29, 0.717) is 25.4 Å². The molecule has 29 unspecified atom stereocenters. The van der Waals surface area contributed by atoms with Gasteiger partial charge >= 0.3 is 0 Å². The van der Waals surface area contributed by atoms with Gasteiger partial charge in [-0.1, -0.05) is 39.3 Å². The fourth-order valence-electron chi connectivity index (χ4n) is 17.0. The molecule has 0 aromatic carbocycles. The molecule has 22 heteroatoms. The molecule has 12 N–H and O–H groups in total. The molecular formula is C52H84O22. The highest BCUT2D eigenvalue weighted by Crippen LogP contribution is 2.80. The van der Waals surface area contributed by atoms with Crippen LogP contribution >= 0.6 is 0 Å². The number of allylic oxidation sites excluding steroid dienone is 1. The summed E-state index contributed by atoms with van der Waals surface area (Å²) in [5.74, 6) is -0.233. The first-order valence-electron chi connectivity index (χ1n) is 27.0. The van der Waals surface area contributed by atoms with Gasteiger partial charge in [0, 0.05) is 24.2 Å². The average Bonchev–Trinajstić information content (AvgIpc) is 3.96. The zero-order chi connectivity index (χ0) is 53.4. The second kappa shape index (κ2) is 20.1. The highest BCUT2D eigenvalue weighted by atomic mass is 16.8. The molecule has 10 rings (SSSR count). The molecule has 2 bridgehead atoms. The van der Waals surface area contributed by atoms with Crippen molar-refractivity contribution in [3.05, 3.63) is 11.6 Å². The Morgan fingerprint density at radius 1 is 0.635 bits per heavy atom. The van der Waals surface area contributed by atoms with E-state index in [0.717, 1.165) is 44.1 Å². The number of hydrogen-bond acceptors (Lipinski definition) is 22. The highest BCUT2D eigenvalue weighted by Gasteiger charge is 2.81. The molecule has 2 spiro atoms. The first kappa shape index (κ1) is 56.1. The summed E-state index contributed by atoms with van der Waals surface area (Å²) in [5, 5.41) is 130. The predicted octanol–water partition coefficient (Wildman–Crippen LogP) is -1.57. The molecule has 0 amide bonds. The summed E-state index contributed by atoms with van der Waals surface area (Å²) in [7, 11) is 0. The Bertz CT molecular complexity index is 2020. The van der Waals surface area contributed by atoms with Crippen LogP contribution < -0.4 is 0 Å². The number of rotatable bonds is 12. The molecule has 0 aromatic rings. The van der Waals surface area contributed by atoms with Crippen molar-refractivity contribution in [2.45, 2.75) is 234 Å². The van der Waals surface area contributed by atoms with E-state index in [1.54, 1.807) is 0 Å². The van der Waals surface area contributed by atoms with E-state index in [1.165, 1.54) is 0 Å². The van der Waals surface area contributed by atoms with Gasteiger partial charge < -0.3 is 109 Å². The lowest BCUT2D eigenvalue weighted by Crippen LogP contribution is -2.67. The van der Waals surface area contributed by atoms with Crippen molar-refractivity contribution in [2.24, 2.45) is 45.3 Å². The third kappa shape index (κ3) is 8.83. The number of aliphatic hydroxyl groups is 12. The lowest BCUT2D eigenvalue weighted by Gasteiger charge is -2.70. The van der Waals surface area contributed by atoms with Crippen LogP contribution in [0.4, 0.5) is 0 Å². The molecule has 6 aliphatic heterocycles. The summed E-state index contributed by atoms with van der Waals surface area (Å²) in [6.45, 7) is 13.6. The van der Waals surface area contributed by atoms with Gasteiger partial charge in [-0.2, -0.15) is 0 Å². The number of fused-ring (bicyclic) bond motifs is 4. The van der Waals surface area contributed by atoms with E-state index in [-0.39, 0.29) is 46.7 Å². The smallest absolute Gasteiger partial charge is 0.187 e. The Morgan fingerprint density at radius 2 is 1.23 bits per heavy atom. The minimum Gasteiger partial charge on any atom is -0.394 e. The lowest BCUT2D eigenvalue weighted by molar-refractivity contribution is -0.378. The minimum atomic E-state index is -1.94. The van der Waals surface area contributed by atoms with Gasteiger partial charge in [0.25, 0.3) is 0 Å². The Labute approximate surface area is 431 Å². The van der Waals surface area contributed by atoms with Gasteiger partial charge in [-0.05, 0) is 93.3 Å². The van der Waals surface area contributed by atoms with Gasteiger partial charge in [-0.25, -0.2) is 0 Å². The van der Waals surface area contributed by atoms with Crippen molar-refractivity contribution in [1.29, 1.82) is 0 Å². The summed E-state index contributed by atoms with van der Waals surface area (Å²) in [6, 6.07) is 0. The monoisotopic (exact) mass is 1060 g/mol. The number of ether oxygens (including phenoxy) is 10. The maximum Gasteiger partial charge on any atom is 0.187 e. The van der Waals surface area contributed by atoms with Crippen LogP contribution in [0.1, 0.15) is 99.8 Å². The normalized spacial score (nSPS) is 56.7. The van der Waals surface area contributed by atoms with Gasteiger partial charge in [-0.3, -0.25) is 0 Å². The zero-order valence-corrected chi connectivity index (χ0v) is 43.6. The van der Waals surface area contributed by atoms with E-state index in [2.05, 4.69) is 47.6 Å². The Hall–Kier alpha value is -1.14. The summed E-state index contributed by atoms with van der Waals surface area (Å²) in [4.78, 5) is 0. The molecule has 4 saturated carbocycles. The van der Waals surface area contributed by atoms with Crippen LogP contribution in [0, 0.1) is 45.3 Å². The molecule has 10 fully saturated rings. The van der Waals surface area contributed by atoms with E-state index in [9.17, 15) is 61.3 Å². The number of hydrogen-bond donors (Lipinski definition) is 12.